The van der Waals surface area contributed by atoms with Gasteiger partial charge in [-0.25, -0.2) is 10.0 Å². The largest absolute Gasteiger partial charge is 0.497 e. The lowest BCUT2D eigenvalue weighted by Crippen LogP contribution is -2.36. The van der Waals surface area contributed by atoms with E-state index in [4.69, 9.17) is 14.2 Å². The summed E-state index contributed by atoms with van der Waals surface area (Å²) in [5.74, 6) is 2.18. The number of aryl methyl sites for hydroxylation is 1. The Bertz CT molecular complexity index is 1270. The first kappa shape index (κ1) is 21.2. The summed E-state index contributed by atoms with van der Waals surface area (Å²) in [6.07, 6.45) is 1.72. The van der Waals surface area contributed by atoms with Crippen LogP contribution in [0.15, 0.2) is 53.2 Å². The highest BCUT2D eigenvalue weighted by Crippen LogP contribution is 2.31. The SMILES string of the molecule is COc1ccc2nc(C)cc(NN3C(=O)/C(=C/c4ccc(OC)c(OC)c4)N=C3C)c2c1. The number of hydrogen-bond donors (Lipinski definition) is 1. The predicted molar refractivity (Wildman–Crippen MR) is 124 cm³/mol. The first-order chi connectivity index (χ1) is 15.4. The first-order valence-electron chi connectivity index (χ1n) is 9.99. The Kier molecular flexibility index (Phi) is 5.68. The Morgan fingerprint density at radius 1 is 0.938 bits per heavy atom. The van der Waals surface area contributed by atoms with Crippen molar-refractivity contribution in [1.29, 1.82) is 0 Å². The highest BCUT2D eigenvalue weighted by molar-refractivity contribution is 6.14. The van der Waals surface area contributed by atoms with E-state index in [-0.39, 0.29) is 5.91 Å². The van der Waals surface area contributed by atoms with Crippen molar-refractivity contribution in [2.75, 3.05) is 26.8 Å². The van der Waals surface area contributed by atoms with E-state index in [1.54, 1.807) is 46.5 Å². The molecule has 1 amide bonds. The van der Waals surface area contributed by atoms with Crippen LogP contribution < -0.4 is 19.6 Å². The first-order valence-corrected chi connectivity index (χ1v) is 9.99. The lowest BCUT2D eigenvalue weighted by molar-refractivity contribution is -0.121. The normalized spacial score (nSPS) is 14.7. The number of hydrazine groups is 1. The van der Waals surface area contributed by atoms with Gasteiger partial charge < -0.3 is 14.2 Å². The molecule has 0 radical (unpaired) electrons. The van der Waals surface area contributed by atoms with E-state index in [9.17, 15) is 4.79 Å². The van der Waals surface area contributed by atoms with Crippen molar-refractivity contribution in [2.24, 2.45) is 4.99 Å². The number of aliphatic imine (C=N–C) groups is 1. The highest BCUT2D eigenvalue weighted by atomic mass is 16.5. The molecular weight excluding hydrogens is 408 g/mol. The van der Waals surface area contributed by atoms with E-state index in [0.29, 0.717) is 28.8 Å². The molecule has 1 aliphatic rings. The maximum atomic E-state index is 13.1. The average Bonchev–Trinajstić information content (AvgIpc) is 3.05. The van der Waals surface area contributed by atoms with Gasteiger partial charge in [-0.2, -0.15) is 0 Å². The number of amides is 1. The molecule has 0 aliphatic carbocycles. The molecule has 1 N–H and O–H groups in total. The standard InChI is InChI=1S/C24H24N4O4/c1-14-10-20(18-13-17(30-3)7-8-19(18)25-14)27-28-15(2)26-21(24(28)29)11-16-6-9-22(31-4)23(12-16)32-5/h6-13H,1-5H3,(H,25,27)/b21-11-. The van der Waals surface area contributed by atoms with Crippen LogP contribution in [0, 0.1) is 6.92 Å². The summed E-state index contributed by atoms with van der Waals surface area (Å²) in [5.41, 5.74) is 6.66. The number of nitrogens with zero attached hydrogens (tertiary/aromatic N) is 3. The van der Waals surface area contributed by atoms with Crippen LogP contribution >= 0.6 is 0 Å². The van der Waals surface area contributed by atoms with E-state index >= 15 is 0 Å². The van der Waals surface area contributed by atoms with Gasteiger partial charge in [-0.05, 0) is 61.9 Å². The molecule has 4 rings (SSSR count). The molecule has 0 spiro atoms. The third-order valence-corrected chi connectivity index (χ3v) is 5.12. The minimum absolute atomic E-state index is 0.261. The maximum Gasteiger partial charge on any atom is 0.296 e. The van der Waals surface area contributed by atoms with Crippen molar-refractivity contribution in [2.45, 2.75) is 13.8 Å². The monoisotopic (exact) mass is 432 g/mol. The summed E-state index contributed by atoms with van der Waals surface area (Å²) in [6.45, 7) is 3.68. The molecule has 3 aromatic rings. The van der Waals surface area contributed by atoms with Crippen molar-refractivity contribution in [3.8, 4) is 17.2 Å². The number of aromatic nitrogens is 1. The highest BCUT2D eigenvalue weighted by Gasteiger charge is 2.28. The molecule has 1 aromatic heterocycles. The number of hydrogen-bond acceptors (Lipinski definition) is 7. The second-order valence-electron chi connectivity index (χ2n) is 7.25. The molecular formula is C24H24N4O4. The van der Waals surface area contributed by atoms with Crippen molar-refractivity contribution in [3.05, 3.63) is 59.4 Å². The van der Waals surface area contributed by atoms with Crippen LogP contribution in [0.25, 0.3) is 17.0 Å². The smallest absolute Gasteiger partial charge is 0.296 e. The zero-order chi connectivity index (χ0) is 22.8. The van der Waals surface area contributed by atoms with Crippen LogP contribution in [-0.4, -0.2) is 43.1 Å². The van der Waals surface area contributed by atoms with Crippen LogP contribution in [0.5, 0.6) is 17.2 Å². The lowest BCUT2D eigenvalue weighted by atomic mass is 10.1. The van der Waals surface area contributed by atoms with Gasteiger partial charge in [-0.1, -0.05) is 6.07 Å². The van der Waals surface area contributed by atoms with Gasteiger partial charge in [0.1, 0.15) is 17.3 Å². The van der Waals surface area contributed by atoms with E-state index < -0.39 is 0 Å². The Morgan fingerprint density at radius 3 is 2.44 bits per heavy atom. The molecule has 164 valence electrons. The van der Waals surface area contributed by atoms with E-state index in [2.05, 4.69) is 15.4 Å². The van der Waals surface area contributed by atoms with Crippen molar-refractivity contribution < 1.29 is 19.0 Å². The molecule has 8 nitrogen and oxygen atoms in total. The second-order valence-corrected chi connectivity index (χ2v) is 7.25. The second kappa shape index (κ2) is 8.58. The Hall–Kier alpha value is -4.07. The number of amidine groups is 1. The fourth-order valence-corrected chi connectivity index (χ4v) is 3.54. The van der Waals surface area contributed by atoms with Crippen molar-refractivity contribution >= 4 is 34.4 Å². The van der Waals surface area contributed by atoms with Crippen LogP contribution in [-0.2, 0) is 4.79 Å². The van der Waals surface area contributed by atoms with E-state index in [0.717, 1.165) is 27.8 Å². The van der Waals surface area contributed by atoms with Crippen LogP contribution in [0.2, 0.25) is 0 Å². The van der Waals surface area contributed by atoms with Gasteiger partial charge in [0.25, 0.3) is 5.91 Å². The minimum Gasteiger partial charge on any atom is -0.497 e. The summed E-state index contributed by atoms with van der Waals surface area (Å²) < 4.78 is 16.0. The zero-order valence-electron chi connectivity index (χ0n) is 18.6. The van der Waals surface area contributed by atoms with Crippen LogP contribution in [0.4, 0.5) is 5.69 Å². The number of methoxy groups -OCH3 is 3. The van der Waals surface area contributed by atoms with Gasteiger partial charge in [-0.15, -0.1) is 0 Å². The number of carbonyl (C=O) groups excluding carboxylic acids is 1. The zero-order valence-corrected chi connectivity index (χ0v) is 18.6. The fraction of sp³-hybridized carbons (Fsp3) is 0.208. The molecule has 0 saturated heterocycles. The number of anilines is 1. The molecule has 0 atom stereocenters. The number of fused-ring (bicyclic) bond motifs is 1. The quantitative estimate of drug-likeness (QED) is 0.588. The summed E-state index contributed by atoms with van der Waals surface area (Å²) in [5, 5.41) is 2.27. The fourth-order valence-electron chi connectivity index (χ4n) is 3.54. The van der Waals surface area contributed by atoms with Crippen LogP contribution in [0.1, 0.15) is 18.2 Å². The minimum atomic E-state index is -0.261. The molecule has 32 heavy (non-hydrogen) atoms. The summed E-state index contributed by atoms with van der Waals surface area (Å²) in [7, 11) is 4.76. The molecule has 8 heteroatoms. The number of carbonyl (C=O) groups is 1. The number of benzene rings is 2. The molecule has 0 fully saturated rings. The van der Waals surface area contributed by atoms with Gasteiger partial charge in [0, 0.05) is 11.1 Å². The van der Waals surface area contributed by atoms with Crippen LogP contribution in [0.3, 0.4) is 0 Å². The topological polar surface area (TPSA) is 85.3 Å². The summed E-state index contributed by atoms with van der Waals surface area (Å²) in [4.78, 5) is 22.1. The van der Waals surface area contributed by atoms with Gasteiger partial charge in [0.2, 0.25) is 0 Å². The number of rotatable bonds is 6. The Balaban J connectivity index is 1.66. The van der Waals surface area contributed by atoms with E-state index in [1.807, 2.05) is 37.3 Å². The third kappa shape index (κ3) is 3.94. The van der Waals surface area contributed by atoms with Gasteiger partial charge in [0.15, 0.2) is 11.5 Å². The molecule has 0 saturated carbocycles. The molecule has 2 aromatic carbocycles. The third-order valence-electron chi connectivity index (χ3n) is 5.12. The molecule has 2 heterocycles. The Labute approximate surface area is 186 Å². The molecule has 0 bridgehead atoms. The average molecular weight is 432 g/mol. The number of nitrogens with one attached hydrogen (secondary N) is 1. The van der Waals surface area contributed by atoms with Crippen molar-refractivity contribution in [3.63, 3.8) is 0 Å². The Morgan fingerprint density at radius 2 is 1.72 bits per heavy atom. The number of pyridine rings is 1. The van der Waals surface area contributed by atoms with Crippen molar-refractivity contribution in [1.82, 2.24) is 9.99 Å². The summed E-state index contributed by atoms with van der Waals surface area (Å²) >= 11 is 0. The predicted octanol–water partition coefficient (Wildman–Crippen LogP) is 4.20. The van der Waals surface area contributed by atoms with Gasteiger partial charge >= 0.3 is 0 Å². The van der Waals surface area contributed by atoms with Gasteiger partial charge in [0.05, 0.1) is 32.5 Å². The molecule has 0 unspecified atom stereocenters. The number of ether oxygens (including phenoxy) is 3. The van der Waals surface area contributed by atoms with Gasteiger partial charge in [-0.3, -0.25) is 15.2 Å². The summed E-state index contributed by atoms with van der Waals surface area (Å²) in [6, 6.07) is 12.9. The lowest BCUT2D eigenvalue weighted by Gasteiger charge is -2.20. The maximum absolute atomic E-state index is 13.1. The van der Waals surface area contributed by atoms with E-state index in [1.165, 1.54) is 5.01 Å². The molecule has 1 aliphatic heterocycles.